The number of allylic oxidation sites excluding steroid dienone is 3. The number of nitrogens with zero attached hydrogens (tertiary/aromatic N) is 1. The normalized spacial score (nSPS) is 18.6. The van der Waals surface area contributed by atoms with E-state index in [-0.39, 0.29) is 5.41 Å². The van der Waals surface area contributed by atoms with Crippen molar-refractivity contribution in [3.63, 3.8) is 0 Å². The van der Waals surface area contributed by atoms with Gasteiger partial charge < -0.3 is 13.7 Å². The molecule has 1 aliphatic carbocycles. The van der Waals surface area contributed by atoms with E-state index in [4.69, 9.17) is 9.15 Å². The molecule has 3 heterocycles. The summed E-state index contributed by atoms with van der Waals surface area (Å²) in [6.07, 6.45) is 5.59. The van der Waals surface area contributed by atoms with Crippen molar-refractivity contribution in [2.45, 2.75) is 20.0 Å². The molecule has 0 saturated carbocycles. The van der Waals surface area contributed by atoms with Crippen molar-refractivity contribution < 1.29 is 9.15 Å². The third-order valence-corrected chi connectivity index (χ3v) is 9.32. The number of hydrogen-bond acceptors (Lipinski definition) is 2. The van der Waals surface area contributed by atoms with Gasteiger partial charge in [-0.15, -0.1) is 0 Å². The van der Waals surface area contributed by atoms with Crippen LogP contribution in [0, 0.1) is 5.41 Å². The molecule has 0 spiro atoms. The highest BCUT2D eigenvalue weighted by atomic mass is 16.5. The van der Waals surface area contributed by atoms with Crippen LogP contribution in [0.15, 0.2) is 126 Å². The number of para-hydroxylation sites is 3. The molecule has 9 rings (SSSR count). The fourth-order valence-corrected chi connectivity index (χ4v) is 7.29. The Hall–Kier alpha value is -4.86. The summed E-state index contributed by atoms with van der Waals surface area (Å²) in [5.74, 6) is 0. The van der Waals surface area contributed by atoms with Gasteiger partial charge in [-0.1, -0.05) is 85.8 Å². The number of ether oxygens (including phenoxy) is 1. The average Bonchev–Trinajstić information content (AvgIpc) is 3.52. The van der Waals surface area contributed by atoms with Crippen molar-refractivity contribution in [3.05, 3.63) is 132 Å². The number of fused-ring (bicyclic) bond motifs is 9. The van der Waals surface area contributed by atoms with Crippen molar-refractivity contribution >= 4 is 55.0 Å². The minimum absolute atomic E-state index is 0.148. The maximum atomic E-state index is 6.39. The summed E-state index contributed by atoms with van der Waals surface area (Å²) in [4.78, 5) is 0. The lowest BCUT2D eigenvalue weighted by Crippen LogP contribution is -2.26. The van der Waals surface area contributed by atoms with Crippen LogP contribution in [0.5, 0.6) is 0 Å². The molecule has 0 fully saturated rings. The molecular weight excluding hydrogens is 514 g/mol. The lowest BCUT2D eigenvalue weighted by Gasteiger charge is -2.35. The van der Waals surface area contributed by atoms with Gasteiger partial charge >= 0.3 is 0 Å². The summed E-state index contributed by atoms with van der Waals surface area (Å²) >= 11 is 0. The van der Waals surface area contributed by atoms with Gasteiger partial charge in [0.05, 0.1) is 24.2 Å². The van der Waals surface area contributed by atoms with E-state index in [0.717, 1.165) is 28.4 Å². The molecule has 1 unspecified atom stereocenters. The van der Waals surface area contributed by atoms with Gasteiger partial charge in [0.15, 0.2) is 0 Å². The highest BCUT2D eigenvalue weighted by Gasteiger charge is 2.37. The molecule has 7 aromatic rings. The van der Waals surface area contributed by atoms with Crippen molar-refractivity contribution in [2.24, 2.45) is 5.41 Å². The number of hydrogen-bond donors (Lipinski definition) is 0. The molecule has 0 radical (unpaired) electrons. The fraction of sp³-hybridized carbons (Fsp3) is 0.128. The standard InChI is InChI=1S/C39H29NO2/c1-39-22-28(40-35-11-5-2-8-29(35)30-9-3-6-12-36(30)40)17-18-34(39)32-20-25(14-15-27(32)23-41-24-39)26-16-19-38-33(21-26)31-10-4-7-13-37(31)42-38/h2-21H,22-24H2,1H3. The first-order chi connectivity index (χ1) is 20.7. The Kier molecular flexibility index (Phi) is 5.00. The zero-order chi connectivity index (χ0) is 27.8. The Balaban J connectivity index is 1.20. The molecule has 3 heteroatoms. The van der Waals surface area contributed by atoms with E-state index in [0.29, 0.717) is 13.2 Å². The van der Waals surface area contributed by atoms with Gasteiger partial charge in [-0.2, -0.15) is 0 Å². The van der Waals surface area contributed by atoms with Crippen LogP contribution in [-0.4, -0.2) is 11.2 Å². The van der Waals surface area contributed by atoms with E-state index in [1.165, 1.54) is 55.3 Å². The summed E-state index contributed by atoms with van der Waals surface area (Å²) < 4.78 is 14.9. The third-order valence-electron chi connectivity index (χ3n) is 9.32. The summed E-state index contributed by atoms with van der Waals surface area (Å²) in [5, 5.41) is 4.90. The van der Waals surface area contributed by atoms with Gasteiger partial charge in [0.2, 0.25) is 0 Å². The fourth-order valence-electron chi connectivity index (χ4n) is 7.29. The average molecular weight is 544 g/mol. The number of aromatic nitrogens is 1. The monoisotopic (exact) mass is 543 g/mol. The smallest absolute Gasteiger partial charge is 0.135 e. The maximum Gasteiger partial charge on any atom is 0.135 e. The molecule has 3 nitrogen and oxygen atoms in total. The van der Waals surface area contributed by atoms with Gasteiger partial charge in [-0.25, -0.2) is 0 Å². The molecule has 202 valence electrons. The van der Waals surface area contributed by atoms with Crippen LogP contribution in [0.1, 0.15) is 24.5 Å². The summed E-state index contributed by atoms with van der Waals surface area (Å²) in [6.45, 7) is 3.67. The minimum Gasteiger partial charge on any atom is -0.456 e. The number of benzene rings is 5. The SMILES string of the molecule is CC12COCc3ccc(-c4ccc5oc6ccccc6c5c4)cc3C1=CC=C(n1c3ccccc3c3ccccc31)C2. The van der Waals surface area contributed by atoms with E-state index in [2.05, 4.69) is 121 Å². The molecule has 5 aromatic carbocycles. The van der Waals surface area contributed by atoms with E-state index in [1.54, 1.807) is 0 Å². The Morgan fingerprint density at radius 3 is 2.12 bits per heavy atom. The Morgan fingerprint density at radius 1 is 0.643 bits per heavy atom. The highest BCUT2D eigenvalue weighted by molar-refractivity contribution is 6.10. The highest BCUT2D eigenvalue weighted by Crippen LogP contribution is 2.49. The van der Waals surface area contributed by atoms with E-state index in [9.17, 15) is 0 Å². The van der Waals surface area contributed by atoms with Crippen LogP contribution in [-0.2, 0) is 11.3 Å². The van der Waals surface area contributed by atoms with Gasteiger partial charge in [0.25, 0.3) is 0 Å². The predicted molar refractivity (Wildman–Crippen MR) is 173 cm³/mol. The topological polar surface area (TPSA) is 27.3 Å². The first kappa shape index (κ1) is 23.8. The lowest BCUT2D eigenvalue weighted by molar-refractivity contribution is 0.0747. The van der Waals surface area contributed by atoms with E-state index >= 15 is 0 Å². The lowest BCUT2D eigenvalue weighted by atomic mass is 9.72. The van der Waals surface area contributed by atoms with Crippen LogP contribution >= 0.6 is 0 Å². The molecule has 0 saturated heterocycles. The Bertz CT molecular complexity index is 2220. The first-order valence-electron chi connectivity index (χ1n) is 14.7. The van der Waals surface area contributed by atoms with Crippen LogP contribution in [0.25, 0.3) is 66.1 Å². The van der Waals surface area contributed by atoms with Gasteiger partial charge in [-0.05, 0) is 76.7 Å². The van der Waals surface area contributed by atoms with Gasteiger partial charge in [0.1, 0.15) is 11.2 Å². The molecule has 0 amide bonds. The van der Waals surface area contributed by atoms with Crippen molar-refractivity contribution in [2.75, 3.05) is 6.61 Å². The van der Waals surface area contributed by atoms with Gasteiger partial charge in [-0.3, -0.25) is 0 Å². The second-order valence-corrected chi connectivity index (χ2v) is 12.0. The molecular formula is C39H29NO2. The predicted octanol–water partition coefficient (Wildman–Crippen LogP) is 10.2. The quantitative estimate of drug-likeness (QED) is 0.217. The van der Waals surface area contributed by atoms with Crippen LogP contribution < -0.4 is 0 Å². The Morgan fingerprint density at radius 2 is 1.31 bits per heavy atom. The summed E-state index contributed by atoms with van der Waals surface area (Å²) in [6, 6.07) is 39.2. The Labute approximate surface area is 243 Å². The van der Waals surface area contributed by atoms with Crippen molar-refractivity contribution in [3.8, 4) is 11.1 Å². The second kappa shape index (κ2) is 8.82. The first-order valence-corrected chi connectivity index (χ1v) is 14.7. The molecule has 0 N–H and O–H groups in total. The van der Waals surface area contributed by atoms with Crippen molar-refractivity contribution in [1.29, 1.82) is 0 Å². The molecule has 0 bridgehead atoms. The minimum atomic E-state index is -0.148. The largest absolute Gasteiger partial charge is 0.456 e. The number of rotatable bonds is 2. The summed E-state index contributed by atoms with van der Waals surface area (Å²) in [5.41, 5.74) is 11.8. The summed E-state index contributed by atoms with van der Waals surface area (Å²) in [7, 11) is 0. The van der Waals surface area contributed by atoms with E-state index in [1.807, 2.05) is 12.1 Å². The second-order valence-electron chi connectivity index (χ2n) is 12.0. The van der Waals surface area contributed by atoms with Crippen LogP contribution in [0.4, 0.5) is 0 Å². The zero-order valence-corrected chi connectivity index (χ0v) is 23.4. The van der Waals surface area contributed by atoms with E-state index < -0.39 is 0 Å². The zero-order valence-electron chi connectivity index (χ0n) is 23.4. The molecule has 2 aromatic heterocycles. The molecule has 42 heavy (non-hydrogen) atoms. The number of furan rings is 1. The van der Waals surface area contributed by atoms with Crippen molar-refractivity contribution in [1.82, 2.24) is 4.57 Å². The van der Waals surface area contributed by atoms with Gasteiger partial charge in [0, 0.05) is 32.7 Å². The molecule has 1 aliphatic heterocycles. The van der Waals surface area contributed by atoms with Crippen LogP contribution in [0.3, 0.4) is 0 Å². The van der Waals surface area contributed by atoms with Crippen LogP contribution in [0.2, 0.25) is 0 Å². The molecule has 2 aliphatic rings. The third kappa shape index (κ3) is 3.44. The maximum absolute atomic E-state index is 6.39. The molecule has 1 atom stereocenters.